The molecule has 7 nitrogen and oxygen atoms in total. The van der Waals surface area contributed by atoms with Gasteiger partial charge in [0, 0.05) is 12.1 Å². The molecule has 1 fully saturated rings. The first-order valence-corrected chi connectivity index (χ1v) is 8.09. The van der Waals surface area contributed by atoms with Crippen LogP contribution in [0.5, 0.6) is 0 Å². The van der Waals surface area contributed by atoms with E-state index in [-0.39, 0.29) is 12.0 Å². The Bertz CT molecular complexity index is 702. The highest BCUT2D eigenvalue weighted by Gasteiger charge is 2.31. The van der Waals surface area contributed by atoms with Crippen LogP contribution in [0.25, 0.3) is 0 Å². The molecule has 7 heteroatoms. The van der Waals surface area contributed by atoms with Gasteiger partial charge < -0.3 is 24.5 Å². The second-order valence-electron chi connectivity index (χ2n) is 5.73. The number of amides is 2. The van der Waals surface area contributed by atoms with Gasteiger partial charge in [-0.2, -0.15) is 0 Å². The van der Waals surface area contributed by atoms with Crippen molar-refractivity contribution in [2.24, 2.45) is 0 Å². The van der Waals surface area contributed by atoms with E-state index in [9.17, 15) is 14.7 Å². The first kappa shape index (κ1) is 17.2. The van der Waals surface area contributed by atoms with Gasteiger partial charge in [-0.15, -0.1) is 0 Å². The van der Waals surface area contributed by atoms with Gasteiger partial charge in [0.25, 0.3) is 5.91 Å². The van der Waals surface area contributed by atoms with Crippen molar-refractivity contribution in [2.45, 2.75) is 12.1 Å². The van der Waals surface area contributed by atoms with E-state index >= 15 is 0 Å². The summed E-state index contributed by atoms with van der Waals surface area (Å²) in [5.74, 6) is -0.0955. The van der Waals surface area contributed by atoms with Crippen LogP contribution in [0, 0.1) is 0 Å². The fraction of sp³-hybridized carbons (Fsp3) is 0.333. The molecule has 1 aliphatic rings. The van der Waals surface area contributed by atoms with Gasteiger partial charge in [-0.1, -0.05) is 18.2 Å². The van der Waals surface area contributed by atoms with Crippen molar-refractivity contribution in [3.05, 3.63) is 60.1 Å². The zero-order valence-electron chi connectivity index (χ0n) is 13.6. The van der Waals surface area contributed by atoms with E-state index in [1.165, 1.54) is 0 Å². The van der Waals surface area contributed by atoms with Crippen LogP contribution in [0.4, 0.5) is 0 Å². The average Bonchev–Trinajstić information content (AvgIpc) is 3.21. The first-order valence-electron chi connectivity index (χ1n) is 8.09. The highest BCUT2D eigenvalue weighted by molar-refractivity contribution is 5.97. The number of nitrogens with one attached hydrogen (secondary N) is 1. The molecular formula is C18H20N2O5. The quantitative estimate of drug-likeness (QED) is 0.843. The Morgan fingerprint density at radius 3 is 2.72 bits per heavy atom. The molecule has 1 aromatic heterocycles. The standard InChI is InChI=1S/C18H20N2O5/c21-12-14(19-17(22)13-5-2-1-3-6-13)18(23)20-8-10-25-16(11-20)15-7-4-9-24-15/h1-7,9,14,16,21H,8,10-12H2,(H,19,22). The van der Waals surface area contributed by atoms with Crippen molar-refractivity contribution >= 4 is 11.8 Å². The third-order valence-electron chi connectivity index (χ3n) is 4.06. The fourth-order valence-electron chi connectivity index (χ4n) is 2.73. The van der Waals surface area contributed by atoms with Crippen molar-refractivity contribution in [2.75, 3.05) is 26.3 Å². The number of nitrogens with zero attached hydrogens (tertiary/aromatic N) is 1. The van der Waals surface area contributed by atoms with Crippen LogP contribution in [-0.4, -0.2) is 54.2 Å². The average molecular weight is 344 g/mol. The maximum Gasteiger partial charge on any atom is 0.251 e. The van der Waals surface area contributed by atoms with Gasteiger partial charge in [0.2, 0.25) is 5.91 Å². The van der Waals surface area contributed by atoms with E-state index in [1.54, 1.807) is 53.6 Å². The van der Waals surface area contributed by atoms with Crippen LogP contribution < -0.4 is 5.32 Å². The van der Waals surface area contributed by atoms with Gasteiger partial charge in [-0.3, -0.25) is 9.59 Å². The number of hydrogen-bond donors (Lipinski definition) is 2. The summed E-state index contributed by atoms with van der Waals surface area (Å²) in [7, 11) is 0. The minimum atomic E-state index is -0.997. The molecule has 132 valence electrons. The van der Waals surface area contributed by atoms with Crippen LogP contribution in [0.1, 0.15) is 22.2 Å². The molecule has 0 bridgehead atoms. The molecule has 2 heterocycles. The Kier molecular flexibility index (Phi) is 5.47. The zero-order valence-corrected chi connectivity index (χ0v) is 13.6. The van der Waals surface area contributed by atoms with Crippen molar-refractivity contribution in [3.8, 4) is 0 Å². The highest BCUT2D eigenvalue weighted by atomic mass is 16.5. The lowest BCUT2D eigenvalue weighted by molar-refractivity contribution is -0.142. The minimum absolute atomic E-state index is 0.310. The third kappa shape index (κ3) is 4.07. The van der Waals surface area contributed by atoms with Gasteiger partial charge in [0.1, 0.15) is 17.9 Å². The van der Waals surface area contributed by atoms with Gasteiger partial charge in [-0.25, -0.2) is 0 Å². The van der Waals surface area contributed by atoms with Crippen molar-refractivity contribution in [3.63, 3.8) is 0 Å². The molecule has 1 saturated heterocycles. The van der Waals surface area contributed by atoms with Crippen LogP contribution in [0.3, 0.4) is 0 Å². The molecule has 0 aliphatic carbocycles. The molecule has 3 rings (SSSR count). The number of ether oxygens (including phenoxy) is 1. The summed E-state index contributed by atoms with van der Waals surface area (Å²) >= 11 is 0. The number of hydrogen-bond acceptors (Lipinski definition) is 5. The van der Waals surface area contributed by atoms with E-state index in [4.69, 9.17) is 9.15 Å². The van der Waals surface area contributed by atoms with Crippen molar-refractivity contribution < 1.29 is 23.8 Å². The van der Waals surface area contributed by atoms with E-state index in [1.807, 2.05) is 0 Å². The molecule has 0 saturated carbocycles. The van der Waals surface area contributed by atoms with Crippen molar-refractivity contribution in [1.82, 2.24) is 10.2 Å². The van der Waals surface area contributed by atoms with E-state index in [0.29, 0.717) is 31.0 Å². The Labute approximate surface area is 145 Å². The normalized spacial score (nSPS) is 18.6. The fourth-order valence-corrected chi connectivity index (χ4v) is 2.73. The summed E-state index contributed by atoms with van der Waals surface area (Å²) in [5, 5.41) is 12.1. The second-order valence-corrected chi connectivity index (χ2v) is 5.73. The minimum Gasteiger partial charge on any atom is -0.467 e. The number of benzene rings is 1. The number of aliphatic hydroxyl groups is 1. The lowest BCUT2D eigenvalue weighted by atomic mass is 10.1. The smallest absolute Gasteiger partial charge is 0.251 e. The summed E-state index contributed by atoms with van der Waals surface area (Å²) in [6.45, 7) is 0.597. The summed E-state index contributed by atoms with van der Waals surface area (Å²) in [6.07, 6.45) is 1.20. The predicted molar refractivity (Wildman–Crippen MR) is 88.8 cm³/mol. The topological polar surface area (TPSA) is 92.0 Å². The van der Waals surface area contributed by atoms with Gasteiger partial charge in [0.05, 0.1) is 26.0 Å². The van der Waals surface area contributed by atoms with Gasteiger partial charge in [-0.05, 0) is 24.3 Å². The first-order chi connectivity index (χ1) is 12.2. The molecule has 0 radical (unpaired) electrons. The van der Waals surface area contributed by atoms with Crippen LogP contribution in [0.15, 0.2) is 53.1 Å². The van der Waals surface area contributed by atoms with Gasteiger partial charge >= 0.3 is 0 Å². The summed E-state index contributed by atoms with van der Waals surface area (Å²) in [6, 6.07) is 11.1. The highest BCUT2D eigenvalue weighted by Crippen LogP contribution is 2.22. The molecule has 2 aromatic rings. The van der Waals surface area contributed by atoms with Gasteiger partial charge in [0.15, 0.2) is 0 Å². The van der Waals surface area contributed by atoms with Crippen LogP contribution in [-0.2, 0) is 9.53 Å². The summed E-state index contributed by atoms with van der Waals surface area (Å²) < 4.78 is 11.0. The molecule has 1 aromatic carbocycles. The summed E-state index contributed by atoms with van der Waals surface area (Å²) in [4.78, 5) is 26.5. The lowest BCUT2D eigenvalue weighted by Gasteiger charge is -2.34. The number of carbonyl (C=O) groups excluding carboxylic acids is 2. The zero-order chi connectivity index (χ0) is 17.6. The largest absolute Gasteiger partial charge is 0.467 e. The Morgan fingerprint density at radius 1 is 1.24 bits per heavy atom. The molecule has 2 atom stereocenters. The maximum absolute atomic E-state index is 12.7. The molecule has 2 unspecified atom stereocenters. The van der Waals surface area contributed by atoms with E-state index < -0.39 is 18.6 Å². The lowest BCUT2D eigenvalue weighted by Crippen LogP contribution is -2.53. The van der Waals surface area contributed by atoms with E-state index in [2.05, 4.69) is 5.32 Å². The molecule has 0 spiro atoms. The Morgan fingerprint density at radius 2 is 2.04 bits per heavy atom. The molecule has 1 aliphatic heterocycles. The number of aliphatic hydroxyl groups excluding tert-OH is 1. The monoisotopic (exact) mass is 344 g/mol. The molecule has 2 amide bonds. The number of morpholine rings is 1. The molecule has 25 heavy (non-hydrogen) atoms. The molecule has 2 N–H and O–H groups in total. The number of furan rings is 1. The third-order valence-corrected chi connectivity index (χ3v) is 4.06. The van der Waals surface area contributed by atoms with E-state index in [0.717, 1.165) is 0 Å². The summed E-state index contributed by atoms with van der Waals surface area (Å²) in [5.41, 5.74) is 0.434. The Hall–Kier alpha value is -2.64. The maximum atomic E-state index is 12.7. The second kappa shape index (κ2) is 7.96. The van der Waals surface area contributed by atoms with Crippen molar-refractivity contribution in [1.29, 1.82) is 0 Å². The Balaban J connectivity index is 1.64. The van der Waals surface area contributed by atoms with Crippen LogP contribution in [0.2, 0.25) is 0 Å². The van der Waals surface area contributed by atoms with Crippen LogP contribution >= 0.6 is 0 Å². The molecular weight excluding hydrogens is 324 g/mol. The SMILES string of the molecule is O=C(NC(CO)C(=O)N1CCOC(c2ccco2)C1)c1ccccc1. The number of rotatable bonds is 5. The predicted octanol–water partition coefficient (Wildman–Crippen LogP) is 0.970. The number of carbonyl (C=O) groups is 2.